The molecule has 0 spiro atoms. The predicted molar refractivity (Wildman–Crippen MR) is 84.7 cm³/mol. The molecule has 0 amide bonds. The maximum absolute atomic E-state index is 11.4. The van der Waals surface area contributed by atoms with Crippen molar-refractivity contribution in [2.24, 2.45) is 0 Å². The van der Waals surface area contributed by atoms with Gasteiger partial charge in [0.2, 0.25) is 0 Å². The van der Waals surface area contributed by atoms with Gasteiger partial charge in [-0.05, 0) is 19.3 Å². The van der Waals surface area contributed by atoms with Crippen molar-refractivity contribution < 1.29 is 9.53 Å². The van der Waals surface area contributed by atoms with Gasteiger partial charge in [-0.1, -0.05) is 76.7 Å². The summed E-state index contributed by atoms with van der Waals surface area (Å²) in [7, 11) is 0. The second kappa shape index (κ2) is 13.2. The first-order chi connectivity index (χ1) is 9.89. The first-order valence-corrected chi connectivity index (χ1v) is 8.73. The van der Waals surface area contributed by atoms with Gasteiger partial charge in [0.25, 0.3) is 0 Å². The SMILES string of the molecule is O=C1C=CCCCCCCCCCCCCCCCO1. The normalized spacial score (nSPS) is 22.3. The Kier molecular flexibility index (Phi) is 11.4. The Morgan fingerprint density at radius 2 is 1.10 bits per heavy atom. The number of rotatable bonds is 0. The number of hydrogen-bond acceptors (Lipinski definition) is 2. The first kappa shape index (κ1) is 17.3. The van der Waals surface area contributed by atoms with Crippen LogP contribution in [-0.4, -0.2) is 12.6 Å². The molecule has 116 valence electrons. The van der Waals surface area contributed by atoms with Crippen LogP contribution in [0.2, 0.25) is 0 Å². The molecular weight excluding hydrogens is 248 g/mol. The molecular formula is C18H32O2. The fourth-order valence-corrected chi connectivity index (χ4v) is 2.71. The lowest BCUT2D eigenvalue weighted by Gasteiger charge is -2.03. The molecule has 0 aromatic carbocycles. The van der Waals surface area contributed by atoms with Crippen molar-refractivity contribution in [3.8, 4) is 0 Å². The number of esters is 1. The topological polar surface area (TPSA) is 26.3 Å². The van der Waals surface area contributed by atoms with E-state index < -0.39 is 0 Å². The third-order valence-electron chi connectivity index (χ3n) is 4.01. The largest absolute Gasteiger partial charge is 0.463 e. The Morgan fingerprint density at radius 3 is 1.65 bits per heavy atom. The van der Waals surface area contributed by atoms with E-state index in [1.807, 2.05) is 6.08 Å². The minimum Gasteiger partial charge on any atom is -0.463 e. The standard InChI is InChI=1S/C18H32O2/c19-18-16-14-12-10-8-6-4-2-1-3-5-7-9-11-13-15-17-20-18/h14,16H,1-13,15,17H2. The lowest BCUT2D eigenvalue weighted by Crippen LogP contribution is -2.02. The minimum absolute atomic E-state index is 0.164. The maximum atomic E-state index is 11.4. The highest BCUT2D eigenvalue weighted by Gasteiger charge is 1.98. The lowest BCUT2D eigenvalue weighted by molar-refractivity contribution is -0.137. The Hall–Kier alpha value is -0.790. The summed E-state index contributed by atoms with van der Waals surface area (Å²) in [6.07, 6.45) is 21.6. The third-order valence-corrected chi connectivity index (χ3v) is 4.01. The highest BCUT2D eigenvalue weighted by atomic mass is 16.5. The quantitative estimate of drug-likeness (QED) is 0.543. The van der Waals surface area contributed by atoms with Gasteiger partial charge >= 0.3 is 5.97 Å². The second-order valence-electron chi connectivity index (χ2n) is 5.95. The van der Waals surface area contributed by atoms with Crippen molar-refractivity contribution in [2.75, 3.05) is 6.61 Å². The van der Waals surface area contributed by atoms with Gasteiger partial charge in [0, 0.05) is 6.08 Å². The zero-order valence-electron chi connectivity index (χ0n) is 13.1. The number of hydrogen-bond donors (Lipinski definition) is 0. The predicted octanol–water partition coefficient (Wildman–Crippen LogP) is 5.56. The molecule has 20 heavy (non-hydrogen) atoms. The van der Waals surface area contributed by atoms with Crippen LogP contribution in [-0.2, 0) is 9.53 Å². The van der Waals surface area contributed by atoms with Crippen molar-refractivity contribution in [1.29, 1.82) is 0 Å². The Bertz CT molecular complexity index is 258. The molecule has 0 saturated carbocycles. The van der Waals surface area contributed by atoms with E-state index in [9.17, 15) is 4.79 Å². The smallest absolute Gasteiger partial charge is 0.330 e. The number of carbonyl (C=O) groups excluding carboxylic acids is 1. The molecule has 1 heterocycles. The van der Waals surface area contributed by atoms with E-state index in [0.29, 0.717) is 6.61 Å². The highest BCUT2D eigenvalue weighted by Crippen LogP contribution is 2.13. The Labute approximate surface area is 125 Å². The van der Waals surface area contributed by atoms with E-state index in [1.165, 1.54) is 77.0 Å². The summed E-state index contributed by atoms with van der Waals surface area (Å²) in [5.41, 5.74) is 0. The molecule has 2 heteroatoms. The van der Waals surface area contributed by atoms with Crippen LogP contribution < -0.4 is 0 Å². The zero-order chi connectivity index (χ0) is 14.3. The van der Waals surface area contributed by atoms with E-state index in [0.717, 1.165) is 12.8 Å². The Balaban J connectivity index is 2.16. The molecule has 0 aromatic heterocycles. The summed E-state index contributed by atoms with van der Waals surface area (Å²) >= 11 is 0. The third kappa shape index (κ3) is 11.1. The van der Waals surface area contributed by atoms with Crippen LogP contribution in [0.3, 0.4) is 0 Å². The van der Waals surface area contributed by atoms with Crippen LogP contribution in [0.5, 0.6) is 0 Å². The van der Waals surface area contributed by atoms with Gasteiger partial charge < -0.3 is 4.74 Å². The number of ether oxygens (including phenoxy) is 1. The van der Waals surface area contributed by atoms with Gasteiger partial charge in [-0.25, -0.2) is 4.79 Å². The van der Waals surface area contributed by atoms with Crippen LogP contribution in [0.1, 0.15) is 89.9 Å². The lowest BCUT2D eigenvalue weighted by atomic mass is 10.0. The molecule has 0 aliphatic carbocycles. The van der Waals surface area contributed by atoms with Gasteiger partial charge in [0.15, 0.2) is 0 Å². The number of carbonyl (C=O) groups is 1. The molecule has 0 saturated heterocycles. The Morgan fingerprint density at radius 1 is 0.650 bits per heavy atom. The van der Waals surface area contributed by atoms with Gasteiger partial charge in [-0.15, -0.1) is 0 Å². The van der Waals surface area contributed by atoms with Crippen LogP contribution in [0.4, 0.5) is 0 Å². The zero-order valence-corrected chi connectivity index (χ0v) is 13.1. The van der Waals surface area contributed by atoms with Crippen LogP contribution in [0.15, 0.2) is 12.2 Å². The van der Waals surface area contributed by atoms with Gasteiger partial charge in [-0.2, -0.15) is 0 Å². The fourth-order valence-electron chi connectivity index (χ4n) is 2.71. The van der Waals surface area contributed by atoms with Gasteiger partial charge in [0.05, 0.1) is 6.61 Å². The monoisotopic (exact) mass is 280 g/mol. The van der Waals surface area contributed by atoms with E-state index in [-0.39, 0.29) is 5.97 Å². The highest BCUT2D eigenvalue weighted by molar-refractivity contribution is 5.81. The molecule has 1 aliphatic heterocycles. The average molecular weight is 280 g/mol. The maximum Gasteiger partial charge on any atom is 0.330 e. The molecule has 0 fully saturated rings. The van der Waals surface area contributed by atoms with Crippen molar-refractivity contribution in [3.05, 3.63) is 12.2 Å². The van der Waals surface area contributed by atoms with Crippen molar-refractivity contribution in [2.45, 2.75) is 89.9 Å². The van der Waals surface area contributed by atoms with Crippen molar-refractivity contribution in [1.82, 2.24) is 0 Å². The first-order valence-electron chi connectivity index (χ1n) is 8.73. The molecule has 0 radical (unpaired) electrons. The fraction of sp³-hybridized carbons (Fsp3) is 0.833. The van der Waals surface area contributed by atoms with Crippen molar-refractivity contribution >= 4 is 5.97 Å². The molecule has 2 nitrogen and oxygen atoms in total. The molecule has 0 atom stereocenters. The summed E-state index contributed by atoms with van der Waals surface area (Å²) in [6, 6.07) is 0. The van der Waals surface area contributed by atoms with Crippen LogP contribution in [0, 0.1) is 0 Å². The molecule has 1 rings (SSSR count). The minimum atomic E-state index is -0.164. The number of allylic oxidation sites excluding steroid dienone is 1. The van der Waals surface area contributed by atoms with Crippen molar-refractivity contribution in [3.63, 3.8) is 0 Å². The summed E-state index contributed by atoms with van der Waals surface area (Å²) in [5, 5.41) is 0. The molecule has 0 N–H and O–H groups in total. The van der Waals surface area contributed by atoms with E-state index in [4.69, 9.17) is 4.74 Å². The molecule has 0 bridgehead atoms. The molecule has 1 aliphatic rings. The van der Waals surface area contributed by atoms with E-state index in [1.54, 1.807) is 6.08 Å². The van der Waals surface area contributed by atoms with Crippen LogP contribution in [0.25, 0.3) is 0 Å². The number of cyclic esters (lactones) is 1. The van der Waals surface area contributed by atoms with Crippen LogP contribution >= 0.6 is 0 Å². The summed E-state index contributed by atoms with van der Waals surface area (Å²) in [4.78, 5) is 11.4. The summed E-state index contributed by atoms with van der Waals surface area (Å²) < 4.78 is 5.18. The average Bonchev–Trinajstić information content (AvgIpc) is 2.45. The second-order valence-corrected chi connectivity index (χ2v) is 5.95. The molecule has 0 aromatic rings. The van der Waals surface area contributed by atoms with Gasteiger partial charge in [-0.3, -0.25) is 0 Å². The van der Waals surface area contributed by atoms with E-state index >= 15 is 0 Å². The van der Waals surface area contributed by atoms with Gasteiger partial charge in [0.1, 0.15) is 0 Å². The molecule has 0 unspecified atom stereocenters. The van der Waals surface area contributed by atoms with E-state index in [2.05, 4.69) is 0 Å². The summed E-state index contributed by atoms with van der Waals surface area (Å²) in [5.74, 6) is -0.164. The summed E-state index contributed by atoms with van der Waals surface area (Å²) in [6.45, 7) is 0.586.